The maximum absolute atomic E-state index is 12.5. The van der Waals surface area contributed by atoms with Crippen LogP contribution in [0.3, 0.4) is 0 Å². The Morgan fingerprint density at radius 1 is 1.31 bits per heavy atom. The van der Waals surface area contributed by atoms with Crippen LogP contribution in [0.25, 0.3) is 5.52 Å². The third kappa shape index (κ3) is 4.63. The summed E-state index contributed by atoms with van der Waals surface area (Å²) in [4.78, 5) is 12.5. The van der Waals surface area contributed by atoms with E-state index in [1.807, 2.05) is 32.2 Å². The van der Waals surface area contributed by atoms with Crippen molar-refractivity contribution in [1.29, 1.82) is 0 Å². The summed E-state index contributed by atoms with van der Waals surface area (Å²) in [6.45, 7) is 6.25. The van der Waals surface area contributed by atoms with Crippen LogP contribution in [0, 0.1) is 5.92 Å². The molecule has 2 atom stereocenters. The lowest BCUT2D eigenvalue weighted by atomic mass is 9.85. The van der Waals surface area contributed by atoms with Gasteiger partial charge in [0.2, 0.25) is 0 Å². The summed E-state index contributed by atoms with van der Waals surface area (Å²) < 4.78 is 1.76. The number of anilines is 1. The first-order valence-corrected chi connectivity index (χ1v) is 9.56. The molecule has 3 rings (SSSR count). The molecule has 1 fully saturated rings. The predicted octanol–water partition coefficient (Wildman–Crippen LogP) is 2.83. The zero-order chi connectivity index (χ0) is 19.1. The lowest BCUT2D eigenvalue weighted by Gasteiger charge is -2.31. The second-order valence-corrected chi connectivity index (χ2v) is 6.67. The molecule has 2 aromatic heterocycles. The maximum Gasteiger partial charge on any atom is 0.273 e. The summed E-state index contributed by atoms with van der Waals surface area (Å²) in [6, 6.07) is 4.20. The average molecular weight is 377 g/mol. The number of carbonyl (C=O) groups excluding carboxylic acids is 1. The number of nitrogens with zero attached hydrogens (tertiary/aromatic N) is 2. The standard InChI is InChI=1S/C16H22N6OS.C2H6/c1-10-5-2-3-6-12(10)19-14-11(15(23)20-21-16(17)24)9-18-22-8-4-7-13(14)22;1-2/h4,7-10,12,19H,2-3,5-6H2,1H3,(H,20,23)(H3,17,21,24);1-2H3. The molecule has 1 aliphatic rings. The molecule has 142 valence electrons. The van der Waals surface area contributed by atoms with Gasteiger partial charge in [0.15, 0.2) is 5.11 Å². The molecular formula is C18H28N6OS. The molecule has 1 saturated carbocycles. The van der Waals surface area contributed by atoms with Crippen LogP contribution in [0.15, 0.2) is 24.5 Å². The topological polar surface area (TPSA) is 96.5 Å². The number of carbonyl (C=O) groups is 1. The van der Waals surface area contributed by atoms with Crippen LogP contribution in [-0.2, 0) is 0 Å². The van der Waals surface area contributed by atoms with Gasteiger partial charge >= 0.3 is 0 Å². The molecule has 0 aromatic carbocycles. The van der Waals surface area contributed by atoms with Crippen molar-refractivity contribution < 1.29 is 4.79 Å². The minimum atomic E-state index is -0.329. The minimum Gasteiger partial charge on any atom is -0.380 e. The van der Waals surface area contributed by atoms with E-state index in [1.54, 1.807) is 10.7 Å². The van der Waals surface area contributed by atoms with E-state index in [0.717, 1.165) is 17.6 Å². The highest BCUT2D eigenvalue weighted by atomic mass is 32.1. The van der Waals surface area contributed by atoms with Gasteiger partial charge < -0.3 is 11.1 Å². The minimum absolute atomic E-state index is 0.00971. The Hall–Kier alpha value is -2.35. The summed E-state index contributed by atoms with van der Waals surface area (Å²) >= 11 is 4.72. The Bertz CT molecular complexity index is 759. The van der Waals surface area contributed by atoms with Crippen LogP contribution in [0.4, 0.5) is 5.69 Å². The second-order valence-electron chi connectivity index (χ2n) is 6.23. The van der Waals surface area contributed by atoms with E-state index in [4.69, 9.17) is 18.0 Å². The quantitative estimate of drug-likeness (QED) is 0.486. The highest BCUT2D eigenvalue weighted by Gasteiger charge is 2.24. The number of hydrazine groups is 1. The molecule has 0 bridgehead atoms. The van der Waals surface area contributed by atoms with Gasteiger partial charge in [0.1, 0.15) is 0 Å². The first-order chi connectivity index (χ1) is 12.6. The molecular weight excluding hydrogens is 348 g/mol. The van der Waals surface area contributed by atoms with Crippen molar-refractivity contribution in [2.45, 2.75) is 52.5 Å². The monoisotopic (exact) mass is 376 g/mol. The van der Waals surface area contributed by atoms with Gasteiger partial charge in [0.05, 0.1) is 23.0 Å². The first-order valence-electron chi connectivity index (χ1n) is 9.15. The van der Waals surface area contributed by atoms with Gasteiger partial charge in [-0.15, -0.1) is 0 Å². The van der Waals surface area contributed by atoms with Crippen LogP contribution in [-0.4, -0.2) is 26.7 Å². The molecule has 0 spiro atoms. The fourth-order valence-corrected chi connectivity index (χ4v) is 3.27. The molecule has 0 radical (unpaired) electrons. The molecule has 5 N–H and O–H groups in total. The van der Waals surface area contributed by atoms with Crippen molar-refractivity contribution in [3.63, 3.8) is 0 Å². The predicted molar refractivity (Wildman–Crippen MR) is 109 cm³/mol. The number of hydrogen-bond acceptors (Lipinski definition) is 4. The SMILES string of the molecule is CC.CC1CCCCC1Nc1c(C(=O)NNC(N)=S)cnn2cccc12. The number of thiocarbonyl (C=S) groups is 1. The van der Waals surface area contributed by atoms with E-state index in [1.165, 1.54) is 19.3 Å². The molecule has 1 aliphatic carbocycles. The van der Waals surface area contributed by atoms with Crippen molar-refractivity contribution in [1.82, 2.24) is 20.5 Å². The van der Waals surface area contributed by atoms with Crippen molar-refractivity contribution in [3.8, 4) is 0 Å². The zero-order valence-electron chi connectivity index (χ0n) is 15.6. The summed E-state index contributed by atoms with van der Waals surface area (Å²) in [5.41, 5.74) is 12.5. The van der Waals surface area contributed by atoms with Crippen molar-refractivity contribution in [3.05, 3.63) is 30.1 Å². The molecule has 1 amide bonds. The molecule has 2 unspecified atom stereocenters. The van der Waals surface area contributed by atoms with Gasteiger partial charge in [0.25, 0.3) is 5.91 Å². The van der Waals surface area contributed by atoms with E-state index in [9.17, 15) is 4.79 Å². The number of aromatic nitrogens is 2. The number of amides is 1. The Morgan fingerprint density at radius 2 is 2.04 bits per heavy atom. The highest BCUT2D eigenvalue weighted by molar-refractivity contribution is 7.80. The zero-order valence-corrected chi connectivity index (χ0v) is 16.4. The van der Waals surface area contributed by atoms with Crippen LogP contribution in [0.1, 0.15) is 56.8 Å². The number of nitrogens with one attached hydrogen (secondary N) is 3. The first kappa shape index (κ1) is 20.0. The average Bonchev–Trinajstić information content (AvgIpc) is 3.12. The summed E-state index contributed by atoms with van der Waals surface area (Å²) in [5, 5.41) is 7.88. The van der Waals surface area contributed by atoms with E-state index in [2.05, 4.69) is 28.2 Å². The molecule has 0 saturated heterocycles. The van der Waals surface area contributed by atoms with E-state index in [-0.39, 0.29) is 11.0 Å². The molecule has 8 heteroatoms. The van der Waals surface area contributed by atoms with Crippen molar-refractivity contribution >= 4 is 34.4 Å². The summed E-state index contributed by atoms with van der Waals surface area (Å²) in [5.74, 6) is 0.234. The number of hydrogen-bond donors (Lipinski definition) is 4. The highest BCUT2D eigenvalue weighted by Crippen LogP contribution is 2.30. The van der Waals surface area contributed by atoms with E-state index in [0.29, 0.717) is 17.5 Å². The Labute approximate surface area is 159 Å². The summed E-state index contributed by atoms with van der Waals surface area (Å²) in [7, 11) is 0. The second kappa shape index (κ2) is 9.38. The Morgan fingerprint density at radius 3 is 2.73 bits per heavy atom. The molecule has 26 heavy (non-hydrogen) atoms. The van der Waals surface area contributed by atoms with Gasteiger partial charge in [0, 0.05) is 12.2 Å². The normalized spacial score (nSPS) is 19.2. The molecule has 2 heterocycles. The Balaban J connectivity index is 0.00000117. The fraction of sp³-hybridized carbons (Fsp3) is 0.500. The lowest BCUT2D eigenvalue weighted by Crippen LogP contribution is -2.44. The largest absolute Gasteiger partial charge is 0.380 e. The summed E-state index contributed by atoms with van der Waals surface area (Å²) in [6.07, 6.45) is 8.18. The van der Waals surface area contributed by atoms with Gasteiger partial charge in [-0.1, -0.05) is 33.6 Å². The number of fused-ring (bicyclic) bond motifs is 1. The Kier molecular flexibility index (Phi) is 7.20. The molecule has 2 aromatic rings. The fourth-order valence-electron chi connectivity index (χ4n) is 3.22. The molecule has 7 nitrogen and oxygen atoms in total. The smallest absolute Gasteiger partial charge is 0.273 e. The van der Waals surface area contributed by atoms with Gasteiger partial charge in [-0.05, 0) is 43.1 Å². The van der Waals surface area contributed by atoms with E-state index >= 15 is 0 Å². The van der Waals surface area contributed by atoms with Gasteiger partial charge in [-0.25, -0.2) is 4.52 Å². The van der Waals surface area contributed by atoms with E-state index < -0.39 is 0 Å². The maximum atomic E-state index is 12.5. The van der Waals surface area contributed by atoms with Crippen LogP contribution in [0.5, 0.6) is 0 Å². The van der Waals surface area contributed by atoms with Gasteiger partial charge in [-0.2, -0.15) is 5.10 Å². The number of rotatable bonds is 3. The van der Waals surface area contributed by atoms with Crippen molar-refractivity contribution in [2.75, 3.05) is 5.32 Å². The van der Waals surface area contributed by atoms with Crippen LogP contribution >= 0.6 is 12.2 Å². The third-order valence-electron chi connectivity index (χ3n) is 4.55. The number of nitrogens with two attached hydrogens (primary N) is 1. The van der Waals surface area contributed by atoms with Crippen LogP contribution in [0.2, 0.25) is 0 Å². The van der Waals surface area contributed by atoms with Gasteiger partial charge in [-0.3, -0.25) is 15.6 Å². The van der Waals surface area contributed by atoms with Crippen molar-refractivity contribution in [2.24, 2.45) is 11.7 Å². The molecule has 0 aliphatic heterocycles. The van der Waals surface area contributed by atoms with Crippen LogP contribution < -0.4 is 21.9 Å². The lowest BCUT2D eigenvalue weighted by molar-refractivity contribution is 0.0944. The third-order valence-corrected chi connectivity index (χ3v) is 4.65.